The molecule has 0 radical (unpaired) electrons. The predicted octanol–water partition coefficient (Wildman–Crippen LogP) is 4.44. The number of methoxy groups -OCH3 is 2. The minimum absolute atomic E-state index is 0.106. The number of hydrogen-bond acceptors (Lipinski definition) is 4. The average molecular weight is 416 g/mol. The Morgan fingerprint density at radius 3 is 2.52 bits per heavy atom. The van der Waals surface area contributed by atoms with Gasteiger partial charge in [-0.1, -0.05) is 36.4 Å². The van der Waals surface area contributed by atoms with Gasteiger partial charge in [0, 0.05) is 17.8 Å². The molecular weight excluding hydrogens is 392 g/mol. The Morgan fingerprint density at radius 2 is 1.77 bits per heavy atom. The zero-order valence-electron chi connectivity index (χ0n) is 17.6. The summed E-state index contributed by atoms with van der Waals surface area (Å²) in [6, 6.07) is 20.7. The van der Waals surface area contributed by atoms with Crippen molar-refractivity contribution in [2.45, 2.75) is 19.4 Å². The van der Waals surface area contributed by atoms with Crippen molar-refractivity contribution < 1.29 is 19.1 Å². The molecule has 0 aliphatic carbocycles. The van der Waals surface area contributed by atoms with Gasteiger partial charge < -0.3 is 19.7 Å². The first-order valence-electron chi connectivity index (χ1n) is 10.1. The molecule has 2 amide bonds. The van der Waals surface area contributed by atoms with E-state index in [1.807, 2.05) is 53.4 Å². The van der Waals surface area contributed by atoms with Gasteiger partial charge in [0.15, 0.2) is 11.5 Å². The Hall–Kier alpha value is -3.80. The first-order chi connectivity index (χ1) is 15.1. The maximum Gasteiger partial charge on any atom is 0.259 e. The van der Waals surface area contributed by atoms with Crippen molar-refractivity contribution >= 4 is 23.2 Å². The van der Waals surface area contributed by atoms with Crippen molar-refractivity contribution in [3.05, 3.63) is 83.4 Å². The average Bonchev–Trinajstić information content (AvgIpc) is 2.81. The number of hydrogen-bond donors (Lipinski definition) is 1. The lowest BCUT2D eigenvalue weighted by Gasteiger charge is -2.30. The number of benzene rings is 3. The van der Waals surface area contributed by atoms with Gasteiger partial charge in [0.2, 0.25) is 5.91 Å². The highest BCUT2D eigenvalue weighted by molar-refractivity contribution is 6.07. The van der Waals surface area contributed by atoms with Crippen molar-refractivity contribution in [3.8, 4) is 11.5 Å². The van der Waals surface area contributed by atoms with Gasteiger partial charge in [-0.3, -0.25) is 9.59 Å². The number of carbonyl (C=O) groups excluding carboxylic acids is 2. The topological polar surface area (TPSA) is 67.9 Å². The van der Waals surface area contributed by atoms with Crippen LogP contribution in [-0.2, 0) is 17.8 Å². The summed E-state index contributed by atoms with van der Waals surface area (Å²) < 4.78 is 10.6. The molecule has 0 aromatic heterocycles. The molecule has 1 heterocycles. The Kier molecular flexibility index (Phi) is 5.89. The van der Waals surface area contributed by atoms with Crippen LogP contribution in [0.2, 0.25) is 0 Å². The van der Waals surface area contributed by atoms with E-state index in [0.29, 0.717) is 42.1 Å². The fraction of sp³-hybridized carbons (Fsp3) is 0.200. The monoisotopic (exact) mass is 416 g/mol. The number of nitrogens with one attached hydrogen (secondary N) is 1. The number of anilines is 2. The molecule has 0 saturated carbocycles. The lowest BCUT2D eigenvalue weighted by Crippen LogP contribution is -2.34. The van der Waals surface area contributed by atoms with Crippen LogP contribution in [0.15, 0.2) is 66.7 Å². The minimum atomic E-state index is -0.288. The lowest BCUT2D eigenvalue weighted by molar-refractivity contribution is -0.119. The zero-order chi connectivity index (χ0) is 21.8. The van der Waals surface area contributed by atoms with Crippen molar-refractivity contribution in [2.24, 2.45) is 0 Å². The number of nitrogens with zero attached hydrogens (tertiary/aromatic N) is 1. The van der Waals surface area contributed by atoms with Crippen LogP contribution in [0.3, 0.4) is 0 Å². The summed E-state index contributed by atoms with van der Waals surface area (Å²) in [4.78, 5) is 27.3. The third-order valence-corrected chi connectivity index (χ3v) is 5.37. The molecule has 0 unspecified atom stereocenters. The lowest BCUT2D eigenvalue weighted by atomic mass is 9.99. The number of fused-ring (bicyclic) bond motifs is 1. The van der Waals surface area contributed by atoms with Gasteiger partial charge in [-0.15, -0.1) is 0 Å². The fourth-order valence-electron chi connectivity index (χ4n) is 3.84. The summed E-state index contributed by atoms with van der Waals surface area (Å²) >= 11 is 0. The SMILES string of the molecule is COc1cccc(C(=O)Nc2ccc3c(c2)CCC(=O)N3Cc2ccccc2)c1OC. The standard InChI is InChI=1S/C25H24N2O4/c1-30-22-10-6-9-20(24(22)31-2)25(29)26-19-12-13-21-18(15-19)11-14-23(28)27(21)16-17-7-4-3-5-8-17/h3-10,12-13,15H,11,14,16H2,1-2H3,(H,26,29). The molecule has 3 aromatic rings. The van der Waals surface area contributed by atoms with Crippen LogP contribution < -0.4 is 19.7 Å². The summed E-state index contributed by atoms with van der Waals surface area (Å²) in [5, 5.41) is 2.93. The molecule has 0 bridgehead atoms. The second-order valence-corrected chi connectivity index (χ2v) is 7.30. The van der Waals surface area contributed by atoms with Gasteiger partial charge in [0.1, 0.15) is 0 Å². The number of aryl methyl sites for hydroxylation is 1. The Balaban J connectivity index is 1.57. The molecular formula is C25H24N2O4. The van der Waals surface area contributed by atoms with E-state index in [0.717, 1.165) is 16.8 Å². The predicted molar refractivity (Wildman–Crippen MR) is 120 cm³/mol. The van der Waals surface area contributed by atoms with Crippen molar-refractivity contribution in [1.29, 1.82) is 0 Å². The molecule has 6 nitrogen and oxygen atoms in total. The maximum absolute atomic E-state index is 12.9. The van der Waals surface area contributed by atoms with Gasteiger partial charge in [0.05, 0.1) is 26.3 Å². The van der Waals surface area contributed by atoms with Crippen LogP contribution >= 0.6 is 0 Å². The molecule has 0 spiro atoms. The first kappa shape index (κ1) is 20.5. The first-order valence-corrected chi connectivity index (χ1v) is 10.1. The molecule has 1 N–H and O–H groups in total. The Bertz CT molecular complexity index is 1110. The Morgan fingerprint density at radius 1 is 0.968 bits per heavy atom. The van der Waals surface area contributed by atoms with Crippen molar-refractivity contribution in [2.75, 3.05) is 24.4 Å². The number of ether oxygens (including phenoxy) is 2. The molecule has 6 heteroatoms. The van der Waals surface area contributed by atoms with Crippen LogP contribution in [0, 0.1) is 0 Å². The molecule has 0 fully saturated rings. The highest BCUT2D eigenvalue weighted by Gasteiger charge is 2.25. The van der Waals surface area contributed by atoms with Gasteiger partial charge in [-0.2, -0.15) is 0 Å². The summed E-state index contributed by atoms with van der Waals surface area (Å²) in [6.45, 7) is 0.527. The molecule has 0 saturated heterocycles. The second-order valence-electron chi connectivity index (χ2n) is 7.30. The minimum Gasteiger partial charge on any atom is -0.493 e. The number of rotatable bonds is 6. The summed E-state index contributed by atoms with van der Waals surface area (Å²) in [7, 11) is 3.04. The van der Waals surface area contributed by atoms with E-state index in [4.69, 9.17) is 9.47 Å². The van der Waals surface area contributed by atoms with Crippen LogP contribution in [0.25, 0.3) is 0 Å². The van der Waals surface area contributed by atoms with Crippen LogP contribution in [0.5, 0.6) is 11.5 Å². The van der Waals surface area contributed by atoms with E-state index < -0.39 is 0 Å². The van der Waals surface area contributed by atoms with Gasteiger partial charge >= 0.3 is 0 Å². The fourth-order valence-corrected chi connectivity index (χ4v) is 3.84. The molecule has 3 aromatic carbocycles. The number of para-hydroxylation sites is 1. The van der Waals surface area contributed by atoms with E-state index in [1.165, 1.54) is 14.2 Å². The van der Waals surface area contributed by atoms with Gasteiger partial charge in [-0.25, -0.2) is 0 Å². The summed E-state index contributed by atoms with van der Waals surface area (Å²) in [5.74, 6) is 0.703. The van der Waals surface area contributed by atoms with Gasteiger partial charge in [0.25, 0.3) is 5.91 Å². The molecule has 158 valence electrons. The van der Waals surface area contributed by atoms with E-state index >= 15 is 0 Å². The van der Waals surface area contributed by atoms with Crippen LogP contribution in [-0.4, -0.2) is 26.0 Å². The zero-order valence-corrected chi connectivity index (χ0v) is 17.6. The van der Waals surface area contributed by atoms with E-state index in [9.17, 15) is 9.59 Å². The third kappa shape index (κ3) is 4.23. The summed E-state index contributed by atoms with van der Waals surface area (Å²) in [6.07, 6.45) is 1.09. The largest absolute Gasteiger partial charge is 0.493 e. The highest BCUT2D eigenvalue weighted by Crippen LogP contribution is 2.33. The molecule has 1 aliphatic rings. The second kappa shape index (κ2) is 8.92. The van der Waals surface area contributed by atoms with Crippen LogP contribution in [0.1, 0.15) is 27.9 Å². The van der Waals surface area contributed by atoms with E-state index in [2.05, 4.69) is 5.32 Å². The number of carbonyl (C=O) groups is 2. The van der Waals surface area contributed by atoms with Gasteiger partial charge in [-0.05, 0) is 47.9 Å². The van der Waals surface area contributed by atoms with Crippen LogP contribution in [0.4, 0.5) is 11.4 Å². The summed E-state index contributed by atoms with van der Waals surface area (Å²) in [5.41, 5.74) is 4.05. The van der Waals surface area contributed by atoms with E-state index in [1.54, 1.807) is 18.2 Å². The quantitative estimate of drug-likeness (QED) is 0.645. The molecule has 31 heavy (non-hydrogen) atoms. The highest BCUT2D eigenvalue weighted by atomic mass is 16.5. The normalized spacial score (nSPS) is 12.8. The number of amides is 2. The molecule has 0 atom stereocenters. The molecule has 4 rings (SSSR count). The third-order valence-electron chi connectivity index (χ3n) is 5.37. The van der Waals surface area contributed by atoms with E-state index in [-0.39, 0.29) is 11.8 Å². The van der Waals surface area contributed by atoms with Crippen molar-refractivity contribution in [3.63, 3.8) is 0 Å². The molecule has 1 aliphatic heterocycles. The Labute approximate surface area is 181 Å². The van der Waals surface area contributed by atoms with Crippen molar-refractivity contribution in [1.82, 2.24) is 0 Å². The smallest absolute Gasteiger partial charge is 0.259 e. The maximum atomic E-state index is 12.9.